The molecule has 3 heteroatoms. The lowest BCUT2D eigenvalue weighted by Crippen LogP contribution is -2.33. The van der Waals surface area contributed by atoms with Gasteiger partial charge in [0.25, 0.3) is 0 Å². The lowest BCUT2D eigenvalue weighted by atomic mass is 10.1. The van der Waals surface area contributed by atoms with Gasteiger partial charge in [-0.05, 0) is 37.4 Å². The molecule has 1 aromatic rings. The Balaban J connectivity index is 1.90. The van der Waals surface area contributed by atoms with Crippen molar-refractivity contribution in [1.29, 1.82) is 0 Å². The number of rotatable bonds is 4. The van der Waals surface area contributed by atoms with Crippen LogP contribution in [0, 0.1) is 0 Å². The Morgan fingerprint density at radius 2 is 2.19 bits per heavy atom. The summed E-state index contributed by atoms with van der Waals surface area (Å²) in [7, 11) is 0. The standard InChI is InChI=1S/C13H18ClNO/c14-13-6-2-1-4-11(13)7-9-15-8-3-5-12(15)10-16/h1-2,4,6,12,16H,3,5,7-10H2/t12-/m1/s1. The predicted octanol–water partition coefficient (Wildman–Crippen LogP) is 2.34. The first-order valence-electron chi connectivity index (χ1n) is 5.89. The number of likely N-dealkylation sites (tertiary alicyclic amines) is 1. The zero-order valence-electron chi connectivity index (χ0n) is 9.40. The first-order valence-corrected chi connectivity index (χ1v) is 6.27. The minimum atomic E-state index is 0.280. The lowest BCUT2D eigenvalue weighted by molar-refractivity contribution is 0.160. The Kier molecular flexibility index (Phi) is 4.22. The smallest absolute Gasteiger partial charge is 0.0586 e. The van der Waals surface area contributed by atoms with Crippen molar-refractivity contribution in [3.8, 4) is 0 Å². The molecule has 1 aliphatic heterocycles. The van der Waals surface area contributed by atoms with Crippen LogP contribution in [0.15, 0.2) is 24.3 Å². The van der Waals surface area contributed by atoms with Crippen LogP contribution in [-0.4, -0.2) is 35.7 Å². The molecule has 88 valence electrons. The van der Waals surface area contributed by atoms with E-state index in [1.165, 1.54) is 12.0 Å². The highest BCUT2D eigenvalue weighted by molar-refractivity contribution is 6.31. The molecule has 1 aromatic carbocycles. The zero-order chi connectivity index (χ0) is 11.4. The topological polar surface area (TPSA) is 23.5 Å². The summed E-state index contributed by atoms with van der Waals surface area (Å²) >= 11 is 6.11. The van der Waals surface area contributed by atoms with Crippen LogP contribution in [0.2, 0.25) is 5.02 Å². The Bertz CT molecular complexity index is 342. The fourth-order valence-electron chi connectivity index (χ4n) is 2.36. The van der Waals surface area contributed by atoms with Gasteiger partial charge in [-0.1, -0.05) is 29.8 Å². The summed E-state index contributed by atoms with van der Waals surface area (Å²) in [5, 5.41) is 10.1. The molecular weight excluding hydrogens is 222 g/mol. The molecule has 1 aliphatic rings. The quantitative estimate of drug-likeness (QED) is 0.872. The van der Waals surface area contributed by atoms with E-state index in [4.69, 9.17) is 11.6 Å². The van der Waals surface area contributed by atoms with Gasteiger partial charge in [0, 0.05) is 17.6 Å². The number of halogens is 1. The highest BCUT2D eigenvalue weighted by atomic mass is 35.5. The third-order valence-corrected chi connectivity index (χ3v) is 3.70. The fraction of sp³-hybridized carbons (Fsp3) is 0.538. The van der Waals surface area contributed by atoms with Gasteiger partial charge in [0.1, 0.15) is 0 Å². The average molecular weight is 240 g/mol. The van der Waals surface area contributed by atoms with Crippen molar-refractivity contribution in [3.05, 3.63) is 34.9 Å². The third-order valence-electron chi connectivity index (χ3n) is 3.34. The monoisotopic (exact) mass is 239 g/mol. The third kappa shape index (κ3) is 2.76. The minimum absolute atomic E-state index is 0.280. The summed E-state index contributed by atoms with van der Waals surface area (Å²) in [6.07, 6.45) is 3.29. The van der Waals surface area contributed by atoms with E-state index >= 15 is 0 Å². The van der Waals surface area contributed by atoms with Gasteiger partial charge in [-0.25, -0.2) is 0 Å². The predicted molar refractivity (Wildman–Crippen MR) is 66.8 cm³/mol. The molecule has 0 bridgehead atoms. The molecular formula is C13H18ClNO. The highest BCUT2D eigenvalue weighted by Gasteiger charge is 2.22. The zero-order valence-corrected chi connectivity index (χ0v) is 10.2. The molecule has 1 fully saturated rings. The second-order valence-corrected chi connectivity index (χ2v) is 4.76. The van der Waals surface area contributed by atoms with Crippen LogP contribution in [0.3, 0.4) is 0 Å². The fourth-order valence-corrected chi connectivity index (χ4v) is 2.59. The molecule has 0 saturated carbocycles. The molecule has 1 heterocycles. The molecule has 0 amide bonds. The molecule has 1 atom stereocenters. The van der Waals surface area contributed by atoms with E-state index < -0.39 is 0 Å². The average Bonchev–Trinajstić information content (AvgIpc) is 2.75. The molecule has 0 unspecified atom stereocenters. The summed E-state index contributed by atoms with van der Waals surface area (Å²) in [6.45, 7) is 2.38. The number of hydrogen-bond acceptors (Lipinski definition) is 2. The maximum Gasteiger partial charge on any atom is 0.0586 e. The van der Waals surface area contributed by atoms with Gasteiger partial charge in [0.05, 0.1) is 6.61 Å². The van der Waals surface area contributed by atoms with Crippen molar-refractivity contribution in [2.75, 3.05) is 19.7 Å². The Morgan fingerprint density at radius 1 is 1.38 bits per heavy atom. The van der Waals surface area contributed by atoms with Crippen molar-refractivity contribution < 1.29 is 5.11 Å². The second kappa shape index (κ2) is 5.67. The largest absolute Gasteiger partial charge is 0.395 e. The van der Waals surface area contributed by atoms with E-state index in [2.05, 4.69) is 11.0 Å². The van der Waals surface area contributed by atoms with Crippen molar-refractivity contribution in [3.63, 3.8) is 0 Å². The maximum absolute atomic E-state index is 9.22. The molecule has 0 spiro atoms. The van der Waals surface area contributed by atoms with E-state index in [1.54, 1.807) is 0 Å². The molecule has 2 nitrogen and oxygen atoms in total. The Hall–Kier alpha value is -0.570. The van der Waals surface area contributed by atoms with Crippen LogP contribution >= 0.6 is 11.6 Å². The van der Waals surface area contributed by atoms with Crippen LogP contribution in [0.4, 0.5) is 0 Å². The van der Waals surface area contributed by atoms with E-state index in [0.717, 1.165) is 31.0 Å². The van der Waals surface area contributed by atoms with E-state index in [-0.39, 0.29) is 6.61 Å². The second-order valence-electron chi connectivity index (χ2n) is 4.36. The summed E-state index contributed by atoms with van der Waals surface area (Å²) < 4.78 is 0. The van der Waals surface area contributed by atoms with Crippen LogP contribution in [-0.2, 0) is 6.42 Å². The Labute approximate surface area is 102 Å². The van der Waals surface area contributed by atoms with Crippen LogP contribution in [0.25, 0.3) is 0 Å². The normalized spacial score (nSPS) is 21.5. The van der Waals surface area contributed by atoms with Gasteiger partial charge in [0.2, 0.25) is 0 Å². The van der Waals surface area contributed by atoms with Crippen molar-refractivity contribution in [2.45, 2.75) is 25.3 Å². The highest BCUT2D eigenvalue weighted by Crippen LogP contribution is 2.19. The number of benzene rings is 1. The summed E-state index contributed by atoms with van der Waals surface area (Å²) in [6, 6.07) is 8.35. The number of hydrogen-bond donors (Lipinski definition) is 1. The molecule has 0 radical (unpaired) electrons. The van der Waals surface area contributed by atoms with E-state index in [9.17, 15) is 5.11 Å². The summed E-state index contributed by atoms with van der Waals surface area (Å²) in [5.74, 6) is 0. The molecule has 2 rings (SSSR count). The summed E-state index contributed by atoms with van der Waals surface area (Å²) in [4.78, 5) is 2.36. The van der Waals surface area contributed by atoms with Gasteiger partial charge in [-0.2, -0.15) is 0 Å². The molecule has 1 N–H and O–H groups in total. The van der Waals surface area contributed by atoms with E-state index in [0.29, 0.717) is 6.04 Å². The SMILES string of the molecule is OC[C@H]1CCCN1CCc1ccccc1Cl. The van der Waals surface area contributed by atoms with Gasteiger partial charge in [0.15, 0.2) is 0 Å². The van der Waals surface area contributed by atoms with Crippen LogP contribution < -0.4 is 0 Å². The first kappa shape index (κ1) is 11.9. The number of aliphatic hydroxyl groups is 1. The van der Waals surface area contributed by atoms with Crippen molar-refractivity contribution in [2.24, 2.45) is 0 Å². The van der Waals surface area contributed by atoms with Crippen LogP contribution in [0.1, 0.15) is 18.4 Å². The van der Waals surface area contributed by atoms with Gasteiger partial charge < -0.3 is 5.11 Å². The van der Waals surface area contributed by atoms with Crippen molar-refractivity contribution in [1.82, 2.24) is 4.90 Å². The van der Waals surface area contributed by atoms with Gasteiger partial charge in [-0.15, -0.1) is 0 Å². The lowest BCUT2D eigenvalue weighted by Gasteiger charge is -2.22. The molecule has 1 saturated heterocycles. The van der Waals surface area contributed by atoms with Crippen LogP contribution in [0.5, 0.6) is 0 Å². The van der Waals surface area contributed by atoms with Gasteiger partial charge in [-0.3, -0.25) is 4.90 Å². The number of aliphatic hydroxyl groups excluding tert-OH is 1. The first-order chi connectivity index (χ1) is 7.81. The maximum atomic E-state index is 9.22. The molecule has 0 aromatic heterocycles. The Morgan fingerprint density at radius 3 is 2.94 bits per heavy atom. The molecule has 0 aliphatic carbocycles. The van der Waals surface area contributed by atoms with Gasteiger partial charge >= 0.3 is 0 Å². The summed E-state index contributed by atoms with van der Waals surface area (Å²) in [5.41, 5.74) is 1.20. The number of nitrogens with zero attached hydrogens (tertiary/aromatic N) is 1. The van der Waals surface area contributed by atoms with E-state index in [1.807, 2.05) is 18.2 Å². The minimum Gasteiger partial charge on any atom is -0.395 e. The molecule has 16 heavy (non-hydrogen) atoms. The van der Waals surface area contributed by atoms with Crippen molar-refractivity contribution >= 4 is 11.6 Å².